The van der Waals surface area contributed by atoms with Crippen molar-refractivity contribution < 1.29 is 8.42 Å². The lowest BCUT2D eigenvalue weighted by Gasteiger charge is -2.14. The zero-order valence-corrected chi connectivity index (χ0v) is 10.9. The number of halogens is 1. The molecule has 0 bridgehead atoms. The first-order valence-electron chi connectivity index (χ1n) is 5.24. The van der Waals surface area contributed by atoms with E-state index in [1.165, 1.54) is 0 Å². The number of rotatable bonds is 2. The highest BCUT2D eigenvalue weighted by molar-refractivity contribution is 7.91. The molecule has 1 aliphatic heterocycles. The summed E-state index contributed by atoms with van der Waals surface area (Å²) in [7, 11) is -1.03. The van der Waals surface area contributed by atoms with Gasteiger partial charge in [-0.25, -0.2) is 8.42 Å². The number of aryl methyl sites for hydroxylation is 2. The minimum Gasteiger partial charge on any atom is -0.275 e. The van der Waals surface area contributed by atoms with Crippen molar-refractivity contribution in [2.75, 3.05) is 11.5 Å². The molecule has 1 saturated heterocycles. The van der Waals surface area contributed by atoms with Crippen LogP contribution in [0, 0.1) is 12.8 Å². The lowest BCUT2D eigenvalue weighted by Crippen LogP contribution is -2.10. The van der Waals surface area contributed by atoms with Crippen molar-refractivity contribution in [3.63, 3.8) is 0 Å². The first-order chi connectivity index (χ1) is 7.39. The molecule has 2 rings (SSSR count). The third kappa shape index (κ3) is 2.25. The van der Waals surface area contributed by atoms with E-state index in [0.717, 1.165) is 11.3 Å². The minimum absolute atomic E-state index is 0.0227. The van der Waals surface area contributed by atoms with Crippen LogP contribution in [0.2, 0.25) is 0 Å². The molecule has 2 atom stereocenters. The van der Waals surface area contributed by atoms with Crippen molar-refractivity contribution in [2.24, 2.45) is 13.0 Å². The molecule has 4 nitrogen and oxygen atoms in total. The molecule has 1 aromatic heterocycles. The maximum atomic E-state index is 11.4. The normalized spacial score (nSPS) is 25.8. The number of hydrogen-bond donors (Lipinski definition) is 0. The van der Waals surface area contributed by atoms with E-state index >= 15 is 0 Å². The van der Waals surface area contributed by atoms with E-state index in [1.807, 2.05) is 20.2 Å². The van der Waals surface area contributed by atoms with Crippen molar-refractivity contribution in [3.05, 3.63) is 17.5 Å². The monoisotopic (exact) mass is 262 g/mol. The molecule has 1 aromatic rings. The zero-order valence-electron chi connectivity index (χ0n) is 9.35. The molecule has 16 heavy (non-hydrogen) atoms. The molecule has 90 valence electrons. The molecule has 6 heteroatoms. The average molecular weight is 263 g/mol. The average Bonchev–Trinajstić information content (AvgIpc) is 2.68. The highest BCUT2D eigenvalue weighted by atomic mass is 35.5. The number of sulfone groups is 1. The van der Waals surface area contributed by atoms with E-state index in [9.17, 15) is 8.42 Å². The SMILES string of the molecule is Cc1nn(C)cc1C(Cl)C1CCS(=O)(=O)C1. The molecule has 2 unspecified atom stereocenters. The predicted molar refractivity (Wildman–Crippen MR) is 63.3 cm³/mol. The van der Waals surface area contributed by atoms with Gasteiger partial charge in [-0.3, -0.25) is 4.68 Å². The van der Waals surface area contributed by atoms with Crippen LogP contribution in [-0.4, -0.2) is 29.7 Å². The van der Waals surface area contributed by atoms with Crippen molar-refractivity contribution in [3.8, 4) is 0 Å². The molecule has 0 spiro atoms. The van der Waals surface area contributed by atoms with E-state index in [0.29, 0.717) is 6.42 Å². The van der Waals surface area contributed by atoms with Gasteiger partial charge in [0.2, 0.25) is 0 Å². The Labute approximate surface area is 101 Å². The summed E-state index contributed by atoms with van der Waals surface area (Å²) in [5.41, 5.74) is 1.83. The quantitative estimate of drug-likeness (QED) is 0.758. The smallest absolute Gasteiger partial charge is 0.150 e. The second-order valence-corrected chi connectivity index (χ2v) is 7.11. The van der Waals surface area contributed by atoms with Gasteiger partial charge in [0.05, 0.1) is 22.6 Å². The van der Waals surface area contributed by atoms with Crippen LogP contribution in [0.5, 0.6) is 0 Å². The van der Waals surface area contributed by atoms with Gasteiger partial charge in [-0.2, -0.15) is 5.10 Å². The van der Waals surface area contributed by atoms with Crippen LogP contribution in [0.4, 0.5) is 0 Å². The first kappa shape index (κ1) is 11.9. The number of nitrogens with zero attached hydrogens (tertiary/aromatic N) is 2. The molecule has 0 aliphatic carbocycles. The van der Waals surface area contributed by atoms with Gasteiger partial charge in [-0.1, -0.05) is 0 Å². The summed E-state index contributed by atoms with van der Waals surface area (Å²) in [5.74, 6) is 0.491. The minimum atomic E-state index is -2.87. The standard InChI is InChI=1S/C10H15ClN2O2S/c1-7-9(5-13(2)12-7)10(11)8-3-4-16(14,15)6-8/h5,8,10H,3-4,6H2,1-2H3. The van der Waals surface area contributed by atoms with Gasteiger partial charge in [0.25, 0.3) is 0 Å². The zero-order chi connectivity index (χ0) is 11.9. The highest BCUT2D eigenvalue weighted by Crippen LogP contribution is 2.37. The number of aromatic nitrogens is 2. The Morgan fingerprint density at radius 1 is 1.62 bits per heavy atom. The van der Waals surface area contributed by atoms with E-state index in [1.54, 1.807) is 4.68 Å². The van der Waals surface area contributed by atoms with E-state index < -0.39 is 9.84 Å². The van der Waals surface area contributed by atoms with Crippen LogP contribution in [0.1, 0.15) is 23.1 Å². The fourth-order valence-electron chi connectivity index (χ4n) is 2.20. The predicted octanol–water partition coefficient (Wildman–Crippen LogP) is 1.44. The Morgan fingerprint density at radius 3 is 2.75 bits per heavy atom. The molecule has 1 aliphatic rings. The summed E-state index contributed by atoms with van der Waals surface area (Å²) in [5, 5.41) is 3.98. The van der Waals surface area contributed by atoms with Gasteiger partial charge in [0, 0.05) is 18.8 Å². The van der Waals surface area contributed by atoms with Gasteiger partial charge in [0.1, 0.15) is 0 Å². The Kier molecular flexibility index (Phi) is 3.01. The summed E-state index contributed by atoms with van der Waals surface area (Å²) in [4.78, 5) is 0. The lowest BCUT2D eigenvalue weighted by atomic mass is 9.99. The van der Waals surface area contributed by atoms with E-state index in [4.69, 9.17) is 11.6 Å². The van der Waals surface area contributed by atoms with E-state index in [2.05, 4.69) is 5.10 Å². The van der Waals surface area contributed by atoms with Gasteiger partial charge in [-0.05, 0) is 19.3 Å². The van der Waals surface area contributed by atoms with Crippen molar-refractivity contribution in [1.29, 1.82) is 0 Å². The largest absolute Gasteiger partial charge is 0.275 e. The topological polar surface area (TPSA) is 52.0 Å². The second kappa shape index (κ2) is 4.04. The summed E-state index contributed by atoms with van der Waals surface area (Å²) in [6.45, 7) is 1.90. The molecule has 0 aromatic carbocycles. The summed E-state index contributed by atoms with van der Waals surface area (Å²) in [6.07, 6.45) is 2.53. The Bertz CT molecular complexity index is 495. The fourth-order valence-corrected chi connectivity index (χ4v) is 4.57. The summed E-state index contributed by atoms with van der Waals surface area (Å²) < 4.78 is 24.5. The van der Waals surface area contributed by atoms with Crippen molar-refractivity contribution >= 4 is 21.4 Å². The summed E-state index contributed by atoms with van der Waals surface area (Å²) in [6, 6.07) is 0. The van der Waals surface area contributed by atoms with Crippen molar-refractivity contribution in [2.45, 2.75) is 18.7 Å². The van der Waals surface area contributed by atoms with Crippen LogP contribution in [0.3, 0.4) is 0 Å². The Hall–Kier alpha value is -0.550. The third-order valence-electron chi connectivity index (χ3n) is 3.03. The van der Waals surface area contributed by atoms with Gasteiger partial charge in [0.15, 0.2) is 9.84 Å². The van der Waals surface area contributed by atoms with Gasteiger partial charge >= 0.3 is 0 Å². The number of hydrogen-bond acceptors (Lipinski definition) is 3. The third-order valence-corrected chi connectivity index (χ3v) is 5.42. The van der Waals surface area contributed by atoms with Gasteiger partial charge < -0.3 is 0 Å². The summed E-state index contributed by atoms with van der Waals surface area (Å²) >= 11 is 6.34. The molecule has 2 heterocycles. The fraction of sp³-hybridized carbons (Fsp3) is 0.700. The van der Waals surface area contributed by atoms with Crippen LogP contribution >= 0.6 is 11.6 Å². The molecular weight excluding hydrogens is 248 g/mol. The highest BCUT2D eigenvalue weighted by Gasteiger charge is 2.34. The Balaban J connectivity index is 2.20. The maximum absolute atomic E-state index is 11.4. The van der Waals surface area contributed by atoms with Gasteiger partial charge in [-0.15, -0.1) is 11.6 Å². The maximum Gasteiger partial charge on any atom is 0.150 e. The molecule has 0 radical (unpaired) electrons. The number of alkyl halides is 1. The van der Waals surface area contributed by atoms with Crippen LogP contribution < -0.4 is 0 Å². The molecular formula is C10H15ClN2O2S. The molecule has 0 amide bonds. The second-order valence-electron chi connectivity index (χ2n) is 4.41. The molecule has 1 fully saturated rings. The first-order valence-corrected chi connectivity index (χ1v) is 7.49. The van der Waals surface area contributed by atoms with Crippen LogP contribution in [0.15, 0.2) is 6.20 Å². The Morgan fingerprint density at radius 2 is 2.31 bits per heavy atom. The van der Waals surface area contributed by atoms with E-state index in [-0.39, 0.29) is 22.8 Å². The van der Waals surface area contributed by atoms with Crippen LogP contribution in [-0.2, 0) is 16.9 Å². The lowest BCUT2D eigenvalue weighted by molar-refractivity contribution is 0.567. The molecule has 0 N–H and O–H groups in total. The molecule has 0 saturated carbocycles. The van der Waals surface area contributed by atoms with Crippen LogP contribution in [0.25, 0.3) is 0 Å². The van der Waals surface area contributed by atoms with Crippen molar-refractivity contribution in [1.82, 2.24) is 9.78 Å².